The van der Waals surface area contributed by atoms with Gasteiger partial charge in [0.25, 0.3) is 5.91 Å². The molecule has 0 spiro atoms. The largest absolute Gasteiger partial charge is 0.366 e. The molecule has 0 radical (unpaired) electrons. The van der Waals surface area contributed by atoms with E-state index in [4.69, 9.17) is 17.3 Å². The molecule has 2 aromatic rings. The molecule has 2 N–H and O–H groups in total. The fourth-order valence-electron chi connectivity index (χ4n) is 1.33. The topological polar surface area (TPSA) is 56.0 Å². The van der Waals surface area contributed by atoms with E-state index in [0.29, 0.717) is 10.9 Å². The van der Waals surface area contributed by atoms with Crippen molar-refractivity contribution in [3.63, 3.8) is 0 Å². The molecule has 0 bridgehead atoms. The Morgan fingerprint density at radius 2 is 2.12 bits per heavy atom. The lowest BCUT2D eigenvalue weighted by Gasteiger charge is -2.05. The predicted molar refractivity (Wildman–Crippen MR) is 69.7 cm³/mol. The van der Waals surface area contributed by atoms with Crippen LogP contribution < -0.4 is 5.73 Å². The van der Waals surface area contributed by atoms with E-state index in [9.17, 15) is 9.18 Å². The van der Waals surface area contributed by atoms with Crippen LogP contribution in [0.15, 0.2) is 22.8 Å². The first-order chi connectivity index (χ1) is 7.50. The van der Waals surface area contributed by atoms with Gasteiger partial charge in [0.15, 0.2) is 0 Å². The monoisotopic (exact) mass is 318 g/mol. The molecule has 1 heterocycles. The lowest BCUT2D eigenvalue weighted by molar-refractivity contribution is 0.100. The van der Waals surface area contributed by atoms with Crippen molar-refractivity contribution in [3.05, 3.63) is 39.2 Å². The van der Waals surface area contributed by atoms with E-state index in [1.807, 2.05) is 0 Å². The minimum absolute atomic E-state index is 0. The van der Waals surface area contributed by atoms with Gasteiger partial charge in [-0.2, -0.15) is 0 Å². The van der Waals surface area contributed by atoms with Gasteiger partial charge in [-0.3, -0.25) is 9.78 Å². The molecular weight excluding hydrogens is 310 g/mol. The van der Waals surface area contributed by atoms with Crippen molar-refractivity contribution in [3.8, 4) is 0 Å². The first-order valence-electron chi connectivity index (χ1n) is 4.23. The fraction of sp³-hybridized carbons (Fsp3) is 0.0909. The molecular formula is C11H9BrClFN2O. The van der Waals surface area contributed by atoms with E-state index in [1.54, 1.807) is 0 Å². The van der Waals surface area contributed by atoms with E-state index in [1.165, 1.54) is 18.3 Å². The Morgan fingerprint density at radius 3 is 2.71 bits per heavy atom. The second-order valence-corrected chi connectivity index (χ2v) is 4.37. The summed E-state index contributed by atoms with van der Waals surface area (Å²) >= 11 is 9.01. The number of carbonyl (C=O) groups is 1. The van der Waals surface area contributed by atoms with Crippen LogP contribution in [0, 0.1) is 5.82 Å². The summed E-state index contributed by atoms with van der Waals surface area (Å²) in [5.41, 5.74) is 5.61. The highest BCUT2D eigenvalue weighted by molar-refractivity contribution is 9.10. The molecule has 0 unspecified atom stereocenters. The molecule has 0 saturated heterocycles. The Balaban J connectivity index is 0.00000144. The minimum atomic E-state index is -0.667. The lowest BCUT2D eigenvalue weighted by Crippen LogP contribution is -2.12. The summed E-state index contributed by atoms with van der Waals surface area (Å²) in [5.74, 6) is -1.11. The number of halogens is 3. The van der Waals surface area contributed by atoms with E-state index >= 15 is 0 Å². The van der Waals surface area contributed by atoms with Gasteiger partial charge in [-0.05, 0) is 22.0 Å². The second-order valence-electron chi connectivity index (χ2n) is 3.13. The van der Waals surface area contributed by atoms with Crippen LogP contribution in [0.5, 0.6) is 0 Å². The number of benzene rings is 1. The van der Waals surface area contributed by atoms with Gasteiger partial charge in [0.2, 0.25) is 0 Å². The fourth-order valence-corrected chi connectivity index (χ4v) is 1.96. The van der Waals surface area contributed by atoms with Crippen LogP contribution in [-0.4, -0.2) is 10.9 Å². The zero-order valence-electron chi connectivity index (χ0n) is 7.80. The number of pyridine rings is 1. The van der Waals surface area contributed by atoms with Gasteiger partial charge in [0.05, 0.1) is 20.6 Å². The van der Waals surface area contributed by atoms with Gasteiger partial charge in [-0.1, -0.05) is 19.0 Å². The average molecular weight is 320 g/mol. The molecule has 90 valence electrons. The number of fused-ring (bicyclic) bond motifs is 1. The third kappa shape index (κ3) is 2.40. The summed E-state index contributed by atoms with van der Waals surface area (Å²) in [4.78, 5) is 14.9. The highest BCUT2D eigenvalue weighted by atomic mass is 79.9. The summed E-state index contributed by atoms with van der Waals surface area (Å²) in [6, 6.07) is 2.70. The number of aromatic nitrogens is 1. The lowest BCUT2D eigenvalue weighted by atomic mass is 10.1. The SMILES string of the molecule is C.NC(=O)c1cnc2cc(F)c(Br)cc2c1Cl. The second kappa shape index (κ2) is 4.98. The minimum Gasteiger partial charge on any atom is -0.366 e. The van der Waals surface area contributed by atoms with Gasteiger partial charge < -0.3 is 5.73 Å². The maximum absolute atomic E-state index is 13.2. The smallest absolute Gasteiger partial charge is 0.251 e. The first-order valence-corrected chi connectivity index (χ1v) is 5.41. The summed E-state index contributed by atoms with van der Waals surface area (Å²) in [6.45, 7) is 0. The third-order valence-corrected chi connectivity index (χ3v) is 3.12. The quantitative estimate of drug-likeness (QED) is 0.874. The maximum atomic E-state index is 13.2. The van der Waals surface area contributed by atoms with Crippen molar-refractivity contribution in [2.75, 3.05) is 0 Å². The van der Waals surface area contributed by atoms with Crippen molar-refractivity contribution < 1.29 is 9.18 Å². The number of carbonyl (C=O) groups excluding carboxylic acids is 1. The van der Waals surface area contributed by atoms with Crippen molar-refractivity contribution in [1.82, 2.24) is 4.98 Å². The molecule has 0 saturated carbocycles. The number of hydrogen-bond acceptors (Lipinski definition) is 2. The molecule has 17 heavy (non-hydrogen) atoms. The molecule has 1 aromatic carbocycles. The van der Waals surface area contributed by atoms with Crippen molar-refractivity contribution in [1.29, 1.82) is 0 Å². The number of nitrogens with zero attached hydrogens (tertiary/aromatic N) is 1. The number of primary amides is 1. The van der Waals surface area contributed by atoms with Crippen LogP contribution in [0.3, 0.4) is 0 Å². The Labute approximate surface area is 111 Å². The van der Waals surface area contributed by atoms with Crippen molar-refractivity contribution in [2.45, 2.75) is 7.43 Å². The number of rotatable bonds is 1. The van der Waals surface area contributed by atoms with Gasteiger partial charge in [-0.25, -0.2) is 4.39 Å². The van der Waals surface area contributed by atoms with E-state index in [-0.39, 0.29) is 22.5 Å². The van der Waals surface area contributed by atoms with Crippen LogP contribution in [0.1, 0.15) is 17.8 Å². The Kier molecular flexibility index (Phi) is 4.06. The highest BCUT2D eigenvalue weighted by Crippen LogP contribution is 2.29. The first kappa shape index (κ1) is 13.9. The molecule has 0 atom stereocenters. The van der Waals surface area contributed by atoms with Crippen LogP contribution in [-0.2, 0) is 0 Å². The van der Waals surface area contributed by atoms with Gasteiger partial charge >= 0.3 is 0 Å². The third-order valence-electron chi connectivity index (χ3n) is 2.11. The highest BCUT2D eigenvalue weighted by Gasteiger charge is 2.13. The number of nitrogens with two attached hydrogens (primary N) is 1. The van der Waals surface area contributed by atoms with E-state index in [2.05, 4.69) is 20.9 Å². The Morgan fingerprint density at radius 1 is 1.47 bits per heavy atom. The summed E-state index contributed by atoms with van der Waals surface area (Å²) in [5, 5.41) is 0.657. The Bertz CT molecular complexity index is 604. The molecule has 0 aliphatic rings. The molecule has 1 amide bonds. The zero-order valence-corrected chi connectivity index (χ0v) is 10.1. The molecule has 0 aliphatic carbocycles. The number of amides is 1. The summed E-state index contributed by atoms with van der Waals surface area (Å²) < 4.78 is 13.5. The summed E-state index contributed by atoms with van der Waals surface area (Å²) in [7, 11) is 0. The van der Waals surface area contributed by atoms with Crippen LogP contribution in [0.4, 0.5) is 4.39 Å². The van der Waals surface area contributed by atoms with Crippen molar-refractivity contribution >= 4 is 44.3 Å². The Hall–Kier alpha value is -1.20. The average Bonchev–Trinajstić information content (AvgIpc) is 2.21. The molecule has 6 heteroatoms. The van der Waals surface area contributed by atoms with Crippen LogP contribution in [0.25, 0.3) is 10.9 Å². The van der Waals surface area contributed by atoms with Gasteiger partial charge in [-0.15, -0.1) is 0 Å². The standard InChI is InChI=1S/C10H5BrClFN2O.CH4/c11-6-1-4-8(2-7(6)13)15-3-5(9(4)12)10(14)16;/h1-3H,(H2,14,16);1H4. The van der Waals surface area contributed by atoms with E-state index < -0.39 is 11.7 Å². The van der Waals surface area contributed by atoms with E-state index in [0.717, 1.165) is 0 Å². The number of hydrogen-bond donors (Lipinski definition) is 1. The van der Waals surface area contributed by atoms with Gasteiger partial charge in [0.1, 0.15) is 5.82 Å². The molecule has 0 aliphatic heterocycles. The molecule has 3 nitrogen and oxygen atoms in total. The van der Waals surface area contributed by atoms with Crippen LogP contribution in [0.2, 0.25) is 5.02 Å². The molecule has 1 aromatic heterocycles. The van der Waals surface area contributed by atoms with Crippen LogP contribution >= 0.6 is 27.5 Å². The predicted octanol–water partition coefficient (Wildman–Crippen LogP) is 3.52. The van der Waals surface area contributed by atoms with Crippen molar-refractivity contribution in [2.24, 2.45) is 5.73 Å². The summed E-state index contributed by atoms with van der Waals surface area (Å²) in [6.07, 6.45) is 1.24. The zero-order chi connectivity index (χ0) is 11.9. The maximum Gasteiger partial charge on any atom is 0.251 e. The normalized spacial score (nSPS) is 10.1. The molecule has 2 rings (SSSR count). The molecule has 0 fully saturated rings. The van der Waals surface area contributed by atoms with Gasteiger partial charge in [0, 0.05) is 17.6 Å².